The molecule has 1 aliphatic rings. The molecule has 39 heavy (non-hydrogen) atoms. The van der Waals surface area contributed by atoms with Crippen LogP contribution in [0.5, 0.6) is 5.75 Å². The lowest BCUT2D eigenvalue weighted by molar-refractivity contribution is 0.0950. The second-order valence-electron chi connectivity index (χ2n) is 9.15. The summed E-state index contributed by atoms with van der Waals surface area (Å²) in [7, 11) is 3.49. The van der Waals surface area contributed by atoms with Gasteiger partial charge >= 0.3 is 0 Å². The van der Waals surface area contributed by atoms with Gasteiger partial charge in [-0.05, 0) is 67.2 Å². The quantitative estimate of drug-likeness (QED) is 0.219. The van der Waals surface area contributed by atoms with Crippen LogP contribution in [0.2, 0.25) is 5.02 Å². The van der Waals surface area contributed by atoms with Crippen molar-refractivity contribution in [2.45, 2.75) is 18.7 Å². The number of ether oxygens (including phenoxy) is 1. The number of aliphatic hydroxyl groups excluding tert-OH is 1. The summed E-state index contributed by atoms with van der Waals surface area (Å²) in [6.45, 7) is 0.431. The van der Waals surface area contributed by atoms with Gasteiger partial charge in [-0.2, -0.15) is 0 Å². The van der Waals surface area contributed by atoms with Crippen molar-refractivity contribution in [3.63, 3.8) is 0 Å². The number of benzene rings is 3. The molecule has 1 aromatic heterocycles. The topological polar surface area (TPSA) is 120 Å². The van der Waals surface area contributed by atoms with Gasteiger partial charge in [0.05, 0.1) is 12.8 Å². The molecular formula is C29H29ClN6O3. The van der Waals surface area contributed by atoms with Gasteiger partial charge in [-0.1, -0.05) is 23.7 Å². The van der Waals surface area contributed by atoms with Crippen LogP contribution in [0.4, 0.5) is 17.3 Å². The van der Waals surface area contributed by atoms with E-state index >= 15 is 0 Å². The molecule has 2 atom stereocenters. The van der Waals surface area contributed by atoms with Gasteiger partial charge in [-0.25, -0.2) is 9.97 Å². The van der Waals surface area contributed by atoms with E-state index in [1.54, 1.807) is 37.6 Å². The largest absolute Gasteiger partial charge is 0.497 e. The van der Waals surface area contributed by atoms with E-state index in [0.29, 0.717) is 35.2 Å². The van der Waals surface area contributed by atoms with Crippen LogP contribution in [-0.2, 0) is 6.42 Å². The number of anilines is 3. The molecule has 5 rings (SSSR count). The van der Waals surface area contributed by atoms with Crippen molar-refractivity contribution >= 4 is 34.8 Å². The van der Waals surface area contributed by atoms with E-state index in [-0.39, 0.29) is 11.9 Å². The van der Waals surface area contributed by atoms with Crippen molar-refractivity contribution < 1.29 is 14.6 Å². The number of amides is 1. The van der Waals surface area contributed by atoms with E-state index in [1.165, 1.54) is 0 Å². The third kappa shape index (κ3) is 6.12. The Morgan fingerprint density at radius 2 is 1.92 bits per heavy atom. The normalized spacial score (nSPS) is 14.7. The number of hydrogen-bond donors (Lipinski definition) is 5. The van der Waals surface area contributed by atoms with Crippen LogP contribution < -0.4 is 26.0 Å². The Kier molecular flexibility index (Phi) is 7.92. The van der Waals surface area contributed by atoms with Crippen LogP contribution in [0.15, 0.2) is 72.9 Å². The predicted molar refractivity (Wildman–Crippen MR) is 153 cm³/mol. The third-order valence-electron chi connectivity index (χ3n) is 6.57. The van der Waals surface area contributed by atoms with Crippen LogP contribution >= 0.6 is 11.6 Å². The molecule has 10 heteroatoms. The molecule has 4 aromatic rings. The number of aromatic nitrogens is 2. The van der Waals surface area contributed by atoms with Crippen molar-refractivity contribution in [3.8, 4) is 17.0 Å². The molecule has 0 aliphatic carbocycles. The van der Waals surface area contributed by atoms with Crippen LogP contribution in [0.3, 0.4) is 0 Å². The Hall–Kier alpha value is -4.18. The fraction of sp³-hybridized carbons (Fsp3) is 0.207. The maximum absolute atomic E-state index is 12.8. The van der Waals surface area contributed by atoms with Gasteiger partial charge in [-0.3, -0.25) is 4.79 Å². The Bertz CT molecular complexity index is 1460. The van der Waals surface area contributed by atoms with Gasteiger partial charge in [0, 0.05) is 58.3 Å². The Labute approximate surface area is 231 Å². The van der Waals surface area contributed by atoms with Crippen molar-refractivity contribution in [2.24, 2.45) is 0 Å². The van der Waals surface area contributed by atoms with E-state index < -0.39 is 6.23 Å². The number of likely N-dealkylation sites (N-methyl/N-ethyl adjacent to an activating group) is 1. The number of fused-ring (bicyclic) bond motifs is 3. The molecule has 0 saturated carbocycles. The van der Waals surface area contributed by atoms with E-state index in [0.717, 1.165) is 33.8 Å². The number of carbonyl (C=O) groups excluding carboxylic acids is 1. The Balaban J connectivity index is 1.25. The van der Waals surface area contributed by atoms with Gasteiger partial charge in [0.1, 0.15) is 12.0 Å². The molecule has 0 spiro atoms. The lowest BCUT2D eigenvalue weighted by Gasteiger charge is -2.18. The number of carbonyl (C=O) groups is 1. The zero-order valence-corrected chi connectivity index (χ0v) is 22.3. The molecule has 5 N–H and O–H groups in total. The molecule has 0 saturated heterocycles. The van der Waals surface area contributed by atoms with Crippen LogP contribution in [0, 0.1) is 0 Å². The first kappa shape index (κ1) is 26.4. The summed E-state index contributed by atoms with van der Waals surface area (Å²) in [6, 6.07) is 20.3. The van der Waals surface area contributed by atoms with Crippen LogP contribution in [-0.4, -0.2) is 47.9 Å². The Morgan fingerprint density at radius 3 is 2.64 bits per heavy atom. The van der Waals surface area contributed by atoms with Gasteiger partial charge < -0.3 is 31.1 Å². The summed E-state index contributed by atoms with van der Waals surface area (Å²) in [5.41, 5.74) is 5.41. The molecule has 1 aliphatic heterocycles. The highest BCUT2D eigenvalue weighted by molar-refractivity contribution is 6.31. The zero-order valence-electron chi connectivity index (χ0n) is 21.5. The molecule has 3 aromatic carbocycles. The molecular weight excluding hydrogens is 516 g/mol. The lowest BCUT2D eigenvalue weighted by Crippen LogP contribution is -2.33. The number of nitrogens with zero attached hydrogens (tertiary/aromatic N) is 2. The van der Waals surface area contributed by atoms with Crippen molar-refractivity contribution in [3.05, 3.63) is 94.6 Å². The second-order valence-corrected chi connectivity index (χ2v) is 9.58. The van der Waals surface area contributed by atoms with Crippen molar-refractivity contribution in [1.29, 1.82) is 0 Å². The van der Waals surface area contributed by atoms with Crippen LogP contribution in [0.1, 0.15) is 27.5 Å². The Morgan fingerprint density at radius 1 is 1.15 bits per heavy atom. The second kappa shape index (κ2) is 11.7. The summed E-state index contributed by atoms with van der Waals surface area (Å²) in [5.74, 6) is 1.02. The monoisotopic (exact) mass is 544 g/mol. The number of halogens is 1. The maximum atomic E-state index is 12.8. The summed E-state index contributed by atoms with van der Waals surface area (Å²) < 4.78 is 5.22. The molecule has 2 unspecified atom stereocenters. The number of aliphatic hydroxyl groups is 1. The lowest BCUT2D eigenvalue weighted by atomic mass is 10.1. The molecule has 0 radical (unpaired) electrons. The van der Waals surface area contributed by atoms with Crippen LogP contribution in [0.25, 0.3) is 11.3 Å². The van der Waals surface area contributed by atoms with E-state index in [1.807, 2.05) is 49.5 Å². The van der Waals surface area contributed by atoms with Gasteiger partial charge in [0.2, 0.25) is 5.95 Å². The molecule has 0 bridgehead atoms. The molecule has 0 fully saturated rings. The average molecular weight is 545 g/mol. The summed E-state index contributed by atoms with van der Waals surface area (Å²) >= 11 is 6.16. The fourth-order valence-corrected chi connectivity index (χ4v) is 4.66. The first-order chi connectivity index (χ1) is 18.9. The van der Waals surface area contributed by atoms with Crippen molar-refractivity contribution in [1.82, 2.24) is 20.6 Å². The highest BCUT2D eigenvalue weighted by Gasteiger charge is 2.21. The highest BCUT2D eigenvalue weighted by atomic mass is 35.5. The first-order valence-corrected chi connectivity index (χ1v) is 12.9. The molecule has 9 nitrogen and oxygen atoms in total. The smallest absolute Gasteiger partial charge is 0.251 e. The average Bonchev–Trinajstić information content (AvgIpc) is 3.08. The minimum absolute atomic E-state index is 0.0383. The number of methoxy groups -OCH3 is 1. The maximum Gasteiger partial charge on any atom is 0.251 e. The predicted octanol–water partition coefficient (Wildman–Crippen LogP) is 4.53. The SMILES string of the molecule is CNC(CNC(=O)c1ccc(Nc2ncc3c(n2)-c2ccc(Cl)cc2NC(O)C3)cc1)c1ccc(OC)cc1. The minimum atomic E-state index is -0.774. The fourth-order valence-electron chi connectivity index (χ4n) is 4.48. The highest BCUT2D eigenvalue weighted by Crippen LogP contribution is 2.35. The summed E-state index contributed by atoms with van der Waals surface area (Å²) in [4.78, 5) is 21.9. The van der Waals surface area contributed by atoms with Gasteiger partial charge in [-0.15, -0.1) is 0 Å². The molecule has 2 heterocycles. The molecule has 200 valence electrons. The van der Waals surface area contributed by atoms with E-state index in [2.05, 4.69) is 26.3 Å². The number of rotatable bonds is 8. The van der Waals surface area contributed by atoms with E-state index in [4.69, 9.17) is 21.3 Å². The zero-order chi connectivity index (χ0) is 27.4. The van der Waals surface area contributed by atoms with E-state index in [9.17, 15) is 9.90 Å². The minimum Gasteiger partial charge on any atom is -0.497 e. The molecule has 1 amide bonds. The van der Waals surface area contributed by atoms with Gasteiger partial charge in [0.25, 0.3) is 5.91 Å². The van der Waals surface area contributed by atoms with Gasteiger partial charge in [0.15, 0.2) is 0 Å². The standard InChI is InChI=1S/C29H29ClN6O3/c1-31-25(17-5-10-22(39-2)11-6-17)16-32-28(38)18-3-8-21(9-4-18)34-29-33-15-19-13-26(37)35-24-14-20(30)7-12-23(24)27(19)36-29/h3-12,14-15,25-26,31,35,37H,13,16H2,1-2H3,(H,32,38)(H,33,34,36). The first-order valence-electron chi connectivity index (χ1n) is 12.5. The number of hydrogen-bond acceptors (Lipinski definition) is 8. The summed E-state index contributed by atoms with van der Waals surface area (Å²) in [6.07, 6.45) is 1.30. The third-order valence-corrected chi connectivity index (χ3v) is 6.81. The number of nitrogens with one attached hydrogen (secondary N) is 4. The van der Waals surface area contributed by atoms with Crippen molar-refractivity contribution in [2.75, 3.05) is 31.3 Å². The summed E-state index contributed by atoms with van der Waals surface area (Å²) in [5, 5.41) is 23.4.